The van der Waals surface area contributed by atoms with Crippen LogP contribution in [0.5, 0.6) is 0 Å². The number of benzene rings is 1. The summed E-state index contributed by atoms with van der Waals surface area (Å²) in [5, 5.41) is 0. The van der Waals surface area contributed by atoms with Crippen molar-refractivity contribution in [2.45, 2.75) is 19.3 Å². The molecule has 0 amide bonds. The van der Waals surface area contributed by atoms with E-state index in [4.69, 9.17) is 0 Å². The van der Waals surface area contributed by atoms with Gasteiger partial charge in [0.25, 0.3) is 0 Å². The quantitative estimate of drug-likeness (QED) is 0.903. The second-order valence-electron chi connectivity index (χ2n) is 5.04. The van der Waals surface area contributed by atoms with Gasteiger partial charge in [0.05, 0.1) is 5.69 Å². The van der Waals surface area contributed by atoms with Crippen molar-refractivity contribution < 1.29 is 8.42 Å². The lowest BCUT2D eigenvalue weighted by molar-refractivity contribution is 0.584. The van der Waals surface area contributed by atoms with Crippen LogP contribution in [0.2, 0.25) is 0 Å². The number of nitrogens with zero attached hydrogens (tertiary/aromatic N) is 2. The molecule has 0 radical (unpaired) electrons. The molecule has 3 rings (SSSR count). The van der Waals surface area contributed by atoms with Crippen LogP contribution in [-0.2, 0) is 16.6 Å². The fraction of sp³-hybridized carbons (Fsp3) is 0.538. The van der Waals surface area contributed by atoms with Crippen molar-refractivity contribution in [3.8, 4) is 0 Å². The lowest BCUT2D eigenvalue weighted by Crippen LogP contribution is -2.37. The Morgan fingerprint density at radius 3 is 2.58 bits per heavy atom. The number of nitrogens with one attached hydrogen (secondary N) is 1. The summed E-state index contributed by atoms with van der Waals surface area (Å²) in [7, 11) is -1.93. The highest BCUT2D eigenvalue weighted by Crippen LogP contribution is 2.34. The molecule has 0 saturated carbocycles. The van der Waals surface area contributed by atoms with Crippen LogP contribution in [0.1, 0.15) is 18.4 Å². The number of fused-ring (bicyclic) bond motifs is 1. The molecular weight excluding hydrogens is 262 g/mol. The van der Waals surface area contributed by atoms with Gasteiger partial charge in [0.15, 0.2) is 0 Å². The Hall–Kier alpha value is -1.27. The van der Waals surface area contributed by atoms with E-state index in [9.17, 15) is 8.42 Å². The van der Waals surface area contributed by atoms with Crippen molar-refractivity contribution in [3.05, 3.63) is 23.8 Å². The minimum absolute atomic E-state index is 0.530. The first-order valence-electron chi connectivity index (χ1n) is 6.71. The summed E-state index contributed by atoms with van der Waals surface area (Å²) in [5.74, 6) is 0. The standard InChI is InChI=1S/C13H19N3O2S/c1-14-19(17,18)16-9-6-11-4-5-12(10-13(11)16)15-7-2-3-8-15/h4-5,10,14H,2-3,6-9H2,1H3. The van der Waals surface area contributed by atoms with Gasteiger partial charge in [0, 0.05) is 32.4 Å². The molecule has 2 aliphatic heterocycles. The van der Waals surface area contributed by atoms with Crippen LogP contribution in [0, 0.1) is 0 Å². The molecule has 0 unspecified atom stereocenters. The van der Waals surface area contributed by atoms with Gasteiger partial charge in [0.2, 0.25) is 0 Å². The second kappa shape index (κ2) is 4.68. The number of hydrogen-bond acceptors (Lipinski definition) is 3. The highest BCUT2D eigenvalue weighted by Gasteiger charge is 2.29. The third kappa shape index (κ3) is 2.19. The summed E-state index contributed by atoms with van der Waals surface area (Å²) in [6.45, 7) is 2.66. The van der Waals surface area contributed by atoms with Crippen molar-refractivity contribution in [1.82, 2.24) is 4.72 Å². The van der Waals surface area contributed by atoms with Gasteiger partial charge in [-0.15, -0.1) is 0 Å². The third-order valence-corrected chi connectivity index (χ3v) is 5.42. The Morgan fingerprint density at radius 2 is 1.89 bits per heavy atom. The summed E-state index contributed by atoms with van der Waals surface area (Å²) in [4.78, 5) is 2.32. The molecule has 5 nitrogen and oxygen atoms in total. The summed E-state index contributed by atoms with van der Waals surface area (Å²) < 4.78 is 27.9. The zero-order chi connectivity index (χ0) is 13.5. The van der Waals surface area contributed by atoms with Gasteiger partial charge in [-0.05, 0) is 37.0 Å². The van der Waals surface area contributed by atoms with Crippen LogP contribution in [-0.4, -0.2) is 35.1 Å². The molecule has 0 aliphatic carbocycles. The van der Waals surface area contributed by atoms with Crippen molar-refractivity contribution in [3.63, 3.8) is 0 Å². The summed E-state index contributed by atoms with van der Waals surface area (Å²) >= 11 is 0. The van der Waals surface area contributed by atoms with Gasteiger partial charge in [-0.1, -0.05) is 6.07 Å². The van der Waals surface area contributed by atoms with Gasteiger partial charge in [0.1, 0.15) is 0 Å². The highest BCUT2D eigenvalue weighted by molar-refractivity contribution is 7.90. The highest BCUT2D eigenvalue weighted by atomic mass is 32.2. The van der Waals surface area contributed by atoms with E-state index in [-0.39, 0.29) is 0 Å². The maximum atomic E-state index is 12.0. The van der Waals surface area contributed by atoms with E-state index >= 15 is 0 Å². The zero-order valence-electron chi connectivity index (χ0n) is 11.1. The largest absolute Gasteiger partial charge is 0.371 e. The molecule has 0 atom stereocenters. The second-order valence-corrected chi connectivity index (χ2v) is 6.84. The van der Waals surface area contributed by atoms with Crippen molar-refractivity contribution in [1.29, 1.82) is 0 Å². The molecule has 104 valence electrons. The fourth-order valence-electron chi connectivity index (χ4n) is 2.87. The van der Waals surface area contributed by atoms with Crippen molar-refractivity contribution >= 4 is 21.6 Å². The Labute approximate surface area is 114 Å². The molecule has 0 aromatic heterocycles. The van der Waals surface area contributed by atoms with Crippen LogP contribution >= 0.6 is 0 Å². The first kappa shape index (κ1) is 12.7. The van der Waals surface area contributed by atoms with Crippen molar-refractivity contribution in [2.24, 2.45) is 0 Å². The van der Waals surface area contributed by atoms with E-state index < -0.39 is 10.2 Å². The van der Waals surface area contributed by atoms with Gasteiger partial charge in [-0.25, -0.2) is 4.72 Å². The molecule has 6 heteroatoms. The minimum Gasteiger partial charge on any atom is -0.371 e. The first-order chi connectivity index (χ1) is 9.12. The third-order valence-electron chi connectivity index (χ3n) is 3.94. The van der Waals surface area contributed by atoms with Crippen molar-refractivity contribution in [2.75, 3.05) is 35.9 Å². The molecule has 1 N–H and O–H groups in total. The van der Waals surface area contributed by atoms with Crippen LogP contribution in [0.4, 0.5) is 11.4 Å². The molecule has 2 heterocycles. The van der Waals surface area contributed by atoms with Crippen LogP contribution in [0.3, 0.4) is 0 Å². The molecule has 1 aromatic carbocycles. The van der Waals surface area contributed by atoms with E-state index in [1.54, 1.807) is 0 Å². The molecule has 1 fully saturated rings. The SMILES string of the molecule is CNS(=O)(=O)N1CCc2ccc(N3CCCC3)cc21. The van der Waals surface area contributed by atoms with Crippen LogP contribution in [0.25, 0.3) is 0 Å². The maximum Gasteiger partial charge on any atom is 0.301 e. The van der Waals surface area contributed by atoms with E-state index in [2.05, 4.69) is 21.8 Å². The fourth-order valence-corrected chi connectivity index (χ4v) is 3.85. The van der Waals surface area contributed by atoms with E-state index in [1.807, 2.05) is 6.07 Å². The molecule has 0 bridgehead atoms. The monoisotopic (exact) mass is 281 g/mol. The Balaban J connectivity index is 1.97. The Kier molecular flexibility index (Phi) is 3.14. The summed E-state index contributed by atoms with van der Waals surface area (Å²) in [6.07, 6.45) is 3.22. The summed E-state index contributed by atoms with van der Waals surface area (Å²) in [6, 6.07) is 6.19. The van der Waals surface area contributed by atoms with E-state index in [1.165, 1.54) is 24.2 Å². The smallest absolute Gasteiger partial charge is 0.301 e. The lowest BCUT2D eigenvalue weighted by atomic mass is 10.1. The normalized spacial score (nSPS) is 19.0. The van der Waals surface area contributed by atoms with Crippen LogP contribution in [0.15, 0.2) is 18.2 Å². The predicted molar refractivity (Wildman–Crippen MR) is 76.9 cm³/mol. The van der Waals surface area contributed by atoms with Gasteiger partial charge >= 0.3 is 10.2 Å². The van der Waals surface area contributed by atoms with E-state index in [0.29, 0.717) is 6.54 Å². The van der Waals surface area contributed by atoms with Gasteiger partial charge in [-0.3, -0.25) is 4.31 Å². The van der Waals surface area contributed by atoms with Gasteiger partial charge in [-0.2, -0.15) is 8.42 Å². The Bertz CT molecular complexity index is 580. The minimum atomic E-state index is -3.39. The molecule has 2 aliphatic rings. The van der Waals surface area contributed by atoms with Crippen LogP contribution < -0.4 is 13.9 Å². The molecule has 1 aromatic rings. The topological polar surface area (TPSA) is 52.7 Å². The molecule has 19 heavy (non-hydrogen) atoms. The molecular formula is C13H19N3O2S. The average molecular weight is 281 g/mol. The number of rotatable bonds is 3. The maximum absolute atomic E-state index is 12.0. The molecule has 1 saturated heterocycles. The number of hydrogen-bond donors (Lipinski definition) is 1. The molecule has 0 spiro atoms. The Morgan fingerprint density at radius 1 is 1.16 bits per heavy atom. The first-order valence-corrected chi connectivity index (χ1v) is 8.15. The van der Waals surface area contributed by atoms with E-state index in [0.717, 1.165) is 36.4 Å². The average Bonchev–Trinajstić information content (AvgIpc) is 3.07. The lowest BCUT2D eigenvalue weighted by Gasteiger charge is -2.22. The predicted octanol–water partition coefficient (Wildman–Crippen LogP) is 1.11. The zero-order valence-corrected chi connectivity index (χ0v) is 11.9. The number of anilines is 2. The summed E-state index contributed by atoms with van der Waals surface area (Å²) in [5.41, 5.74) is 3.08. The van der Waals surface area contributed by atoms with Gasteiger partial charge < -0.3 is 4.90 Å².